The summed E-state index contributed by atoms with van der Waals surface area (Å²) in [5.74, 6) is 0.560. The molecule has 0 saturated carbocycles. The number of aliphatic imine (C=N–C) groups is 1. The van der Waals surface area contributed by atoms with Crippen LogP contribution in [0.2, 0.25) is 0 Å². The number of nitrogens with zero attached hydrogens (tertiary/aromatic N) is 4. The predicted octanol–water partition coefficient (Wildman–Crippen LogP) is 6.22. The van der Waals surface area contributed by atoms with Crippen LogP contribution in [0.1, 0.15) is 25.2 Å². The molecule has 4 aromatic rings. The molecule has 0 atom stereocenters. The topological polar surface area (TPSA) is 89.5 Å². The van der Waals surface area contributed by atoms with E-state index in [4.69, 9.17) is 20.4 Å². The van der Waals surface area contributed by atoms with Crippen molar-refractivity contribution in [2.24, 2.45) is 4.99 Å². The third kappa shape index (κ3) is 4.90. The van der Waals surface area contributed by atoms with E-state index in [9.17, 15) is 4.79 Å². The Bertz CT molecular complexity index is 1370. The average Bonchev–Trinajstić information content (AvgIpc) is 2.73. The monoisotopic (exact) mass is 602 g/mol. The number of aliphatic hydroxyl groups excluding tert-OH is 1. The van der Waals surface area contributed by atoms with Crippen LogP contribution >= 0.6 is 0 Å². The Balaban J connectivity index is 0.000000318. The van der Waals surface area contributed by atoms with Crippen molar-refractivity contribution >= 4 is 44.8 Å². The van der Waals surface area contributed by atoms with E-state index in [0.29, 0.717) is 5.84 Å². The van der Waals surface area contributed by atoms with E-state index in [1.165, 1.54) is 19.9 Å². The average molecular weight is 602 g/mol. The number of ketones is 1. The maximum atomic E-state index is 10.0. The summed E-state index contributed by atoms with van der Waals surface area (Å²) in [7, 11) is 0. The first kappa shape index (κ1) is 23.3. The first-order valence-electron chi connectivity index (χ1n) is 9.86. The number of aromatic nitrogens is 2. The first-order valence-corrected chi connectivity index (χ1v) is 9.86. The number of rotatable bonds is 2. The van der Waals surface area contributed by atoms with Crippen LogP contribution in [0.25, 0.3) is 27.1 Å². The molecule has 0 unspecified atom stereocenters. The van der Waals surface area contributed by atoms with Crippen molar-refractivity contribution in [1.29, 1.82) is 0 Å². The first-order chi connectivity index (χ1) is 14.9. The van der Waals surface area contributed by atoms with Crippen molar-refractivity contribution in [1.82, 2.24) is 9.97 Å². The molecule has 0 amide bonds. The predicted molar refractivity (Wildman–Crippen MR) is 125 cm³/mol. The Hall–Kier alpha value is -3.41. The number of carbonyl (C=O) groups excluding carboxylic acids is 1. The molecular formula is C25H21IrN4O2-. The SMILES string of the molecule is CC(=O)/C=C(/C)O.Cc1nc2ccccc2nc1C1=Nc2cccc3cccc(c23)[N-]1.[Ir]. The van der Waals surface area contributed by atoms with Crippen LogP contribution in [0, 0.1) is 6.92 Å². The Kier molecular flexibility index (Phi) is 7.13. The zero-order valence-corrected chi connectivity index (χ0v) is 20.2. The summed E-state index contributed by atoms with van der Waals surface area (Å²) in [6.07, 6.45) is 1.17. The van der Waals surface area contributed by atoms with E-state index >= 15 is 0 Å². The molecule has 3 aromatic carbocycles. The number of hydrogen-bond donors (Lipinski definition) is 1. The van der Waals surface area contributed by atoms with Gasteiger partial charge in [-0.25, -0.2) is 9.97 Å². The minimum atomic E-state index is -0.125. The molecule has 2 heterocycles. The van der Waals surface area contributed by atoms with E-state index in [-0.39, 0.29) is 31.6 Å². The van der Waals surface area contributed by atoms with Crippen LogP contribution in [-0.4, -0.2) is 26.7 Å². The zero-order valence-electron chi connectivity index (χ0n) is 17.8. The Morgan fingerprint density at radius 2 is 1.59 bits per heavy atom. The molecule has 0 aliphatic carbocycles. The molecule has 1 aliphatic rings. The van der Waals surface area contributed by atoms with E-state index in [1.54, 1.807) is 0 Å². The van der Waals surface area contributed by atoms with Gasteiger partial charge in [-0.2, -0.15) is 0 Å². The summed E-state index contributed by atoms with van der Waals surface area (Å²) in [4.78, 5) is 24.2. The standard InChI is InChI=1S/C20H13N4.C5H8O2.Ir/c1-12-19(22-15-9-3-2-8-14(15)21-12)20-23-16-10-4-6-13-7-5-11-17(24-20)18(13)16;1-4(6)3-5(2)7;/h2-11H,1H3;3,6H,1-2H3;/q-1;;/b;4-3-;. The van der Waals surface area contributed by atoms with Gasteiger partial charge in [0.05, 0.1) is 28.2 Å². The van der Waals surface area contributed by atoms with Crippen LogP contribution in [0.15, 0.2) is 77.5 Å². The van der Waals surface area contributed by atoms with Crippen LogP contribution in [0.4, 0.5) is 11.4 Å². The largest absolute Gasteiger partial charge is 0.512 e. The molecule has 6 nitrogen and oxygen atoms in total. The Morgan fingerprint density at radius 3 is 2.22 bits per heavy atom. The molecule has 7 heteroatoms. The normalized spacial score (nSPS) is 12.2. The summed E-state index contributed by atoms with van der Waals surface area (Å²) < 4.78 is 0. The van der Waals surface area contributed by atoms with Gasteiger partial charge in [-0.05, 0) is 60.9 Å². The summed E-state index contributed by atoms with van der Waals surface area (Å²) in [6, 6.07) is 20.1. The molecule has 0 bridgehead atoms. The number of amidine groups is 1. The molecule has 1 N–H and O–H groups in total. The number of hydrogen-bond acceptors (Lipinski definition) is 5. The zero-order chi connectivity index (χ0) is 22.0. The van der Waals surface area contributed by atoms with E-state index < -0.39 is 0 Å². The number of aliphatic hydroxyl groups is 1. The van der Waals surface area contributed by atoms with Crippen LogP contribution in [0.3, 0.4) is 0 Å². The quantitative estimate of drug-likeness (QED) is 0.218. The number of allylic oxidation sites excluding steroid dienone is 2. The number of aryl methyl sites for hydroxylation is 1. The third-order valence-electron chi connectivity index (χ3n) is 4.68. The van der Waals surface area contributed by atoms with Gasteiger partial charge in [0.2, 0.25) is 0 Å². The van der Waals surface area contributed by atoms with Gasteiger partial charge in [-0.15, -0.1) is 0 Å². The van der Waals surface area contributed by atoms with Crippen molar-refractivity contribution < 1.29 is 30.0 Å². The van der Waals surface area contributed by atoms with Gasteiger partial charge >= 0.3 is 0 Å². The fourth-order valence-corrected chi connectivity index (χ4v) is 3.44. The molecule has 32 heavy (non-hydrogen) atoms. The van der Waals surface area contributed by atoms with Gasteiger partial charge < -0.3 is 15.4 Å². The van der Waals surface area contributed by atoms with Crippen molar-refractivity contribution in [3.8, 4) is 0 Å². The minimum Gasteiger partial charge on any atom is -0.512 e. The van der Waals surface area contributed by atoms with Gasteiger partial charge in [0, 0.05) is 26.2 Å². The van der Waals surface area contributed by atoms with Crippen LogP contribution < -0.4 is 0 Å². The van der Waals surface area contributed by atoms with Gasteiger partial charge in [0.15, 0.2) is 5.78 Å². The fourth-order valence-electron chi connectivity index (χ4n) is 3.44. The number of carbonyl (C=O) groups is 1. The van der Waals surface area contributed by atoms with Gasteiger partial charge in [0.25, 0.3) is 0 Å². The second-order valence-corrected chi connectivity index (χ2v) is 7.24. The van der Waals surface area contributed by atoms with Crippen LogP contribution in [-0.2, 0) is 24.9 Å². The molecule has 1 radical (unpaired) electrons. The van der Waals surface area contributed by atoms with Gasteiger partial charge in [0.1, 0.15) is 0 Å². The summed E-state index contributed by atoms with van der Waals surface area (Å²) in [6.45, 7) is 4.80. The van der Waals surface area contributed by atoms with Gasteiger partial charge in [-0.1, -0.05) is 48.5 Å². The smallest absolute Gasteiger partial charge is 0.155 e. The third-order valence-corrected chi connectivity index (χ3v) is 4.68. The number of fused-ring (bicyclic) bond motifs is 1. The molecule has 0 saturated heterocycles. The van der Waals surface area contributed by atoms with Crippen LogP contribution in [0.5, 0.6) is 0 Å². The molecule has 163 valence electrons. The van der Waals surface area contributed by atoms with Crippen molar-refractivity contribution in [3.05, 3.63) is 89.2 Å². The second kappa shape index (κ2) is 9.81. The van der Waals surface area contributed by atoms with E-state index in [2.05, 4.69) is 17.1 Å². The van der Waals surface area contributed by atoms with Crippen molar-refractivity contribution in [3.63, 3.8) is 0 Å². The van der Waals surface area contributed by atoms with E-state index in [1.807, 2.05) is 55.5 Å². The fraction of sp³-hybridized carbons (Fsp3) is 0.120. The molecule has 5 rings (SSSR count). The summed E-state index contributed by atoms with van der Waals surface area (Å²) in [5, 5.41) is 15.4. The second-order valence-electron chi connectivity index (χ2n) is 7.24. The summed E-state index contributed by atoms with van der Waals surface area (Å²) in [5.41, 5.74) is 5.18. The van der Waals surface area contributed by atoms with Crippen molar-refractivity contribution in [2.45, 2.75) is 20.8 Å². The molecule has 1 aliphatic heterocycles. The molecule has 0 fully saturated rings. The number of para-hydroxylation sites is 2. The summed E-state index contributed by atoms with van der Waals surface area (Å²) >= 11 is 0. The Morgan fingerprint density at radius 1 is 0.938 bits per heavy atom. The maximum Gasteiger partial charge on any atom is 0.155 e. The maximum absolute atomic E-state index is 10.0. The van der Waals surface area contributed by atoms with Gasteiger partial charge in [-0.3, -0.25) is 4.79 Å². The van der Waals surface area contributed by atoms with E-state index in [0.717, 1.165) is 44.6 Å². The Labute approximate surface area is 199 Å². The molecular weight excluding hydrogens is 581 g/mol. The van der Waals surface area contributed by atoms with Crippen molar-refractivity contribution in [2.75, 3.05) is 0 Å². The molecule has 1 aromatic heterocycles. The number of benzene rings is 3. The minimum absolute atomic E-state index is 0. The molecule has 0 spiro atoms.